The monoisotopic (exact) mass is 252 g/mol. The topological polar surface area (TPSA) is 52.9 Å². The van der Waals surface area contributed by atoms with Gasteiger partial charge in [0.25, 0.3) is 0 Å². The summed E-state index contributed by atoms with van der Waals surface area (Å²) in [5.41, 5.74) is 0. The molecule has 1 N–H and O–H groups in total. The molecular formula is C13H20N2OS. The molecule has 0 aromatic rings. The summed E-state index contributed by atoms with van der Waals surface area (Å²) in [6, 6.07) is 2.84. The molecule has 2 saturated carbocycles. The van der Waals surface area contributed by atoms with Gasteiger partial charge in [-0.2, -0.15) is 5.26 Å². The third-order valence-electron chi connectivity index (χ3n) is 3.59. The first-order valence-electron chi connectivity index (χ1n) is 6.49. The van der Waals surface area contributed by atoms with Gasteiger partial charge in [0.05, 0.1) is 17.7 Å². The van der Waals surface area contributed by atoms with Crippen LogP contribution < -0.4 is 5.32 Å². The summed E-state index contributed by atoms with van der Waals surface area (Å²) in [5.74, 6) is 1.51. The van der Waals surface area contributed by atoms with Crippen molar-refractivity contribution in [2.24, 2.45) is 11.8 Å². The molecule has 2 rings (SSSR count). The highest BCUT2D eigenvalue weighted by Crippen LogP contribution is 2.36. The van der Waals surface area contributed by atoms with Crippen LogP contribution in [0.4, 0.5) is 0 Å². The minimum absolute atomic E-state index is 0.143. The first kappa shape index (κ1) is 12.8. The van der Waals surface area contributed by atoms with Gasteiger partial charge in [-0.3, -0.25) is 4.79 Å². The molecule has 94 valence electrons. The Morgan fingerprint density at radius 3 is 2.82 bits per heavy atom. The second kappa shape index (κ2) is 5.77. The standard InChI is InChI=1S/C13H20N2OS/c1-9-2-3-10(7-14)12(6-9)17-8-13(16)15-11-4-5-11/h9-12H,2-6,8H2,1H3,(H,15,16). The van der Waals surface area contributed by atoms with Crippen molar-refractivity contribution in [3.8, 4) is 6.07 Å². The number of hydrogen-bond donors (Lipinski definition) is 1. The van der Waals surface area contributed by atoms with E-state index in [1.54, 1.807) is 11.8 Å². The quantitative estimate of drug-likeness (QED) is 0.835. The Balaban J connectivity index is 1.75. The Kier molecular flexibility index (Phi) is 4.33. The first-order chi connectivity index (χ1) is 8.19. The van der Waals surface area contributed by atoms with Crippen LogP contribution in [0.5, 0.6) is 0 Å². The molecule has 3 nitrogen and oxygen atoms in total. The fourth-order valence-corrected chi connectivity index (χ4v) is 3.68. The average molecular weight is 252 g/mol. The van der Waals surface area contributed by atoms with Gasteiger partial charge < -0.3 is 5.32 Å². The second-order valence-corrected chi connectivity index (χ2v) is 6.57. The van der Waals surface area contributed by atoms with E-state index >= 15 is 0 Å². The van der Waals surface area contributed by atoms with Crippen molar-refractivity contribution in [3.63, 3.8) is 0 Å². The number of rotatable bonds is 4. The van der Waals surface area contributed by atoms with E-state index in [4.69, 9.17) is 5.26 Å². The molecule has 0 aliphatic heterocycles. The summed E-state index contributed by atoms with van der Waals surface area (Å²) in [6.07, 6.45) is 5.51. The number of carbonyl (C=O) groups excluding carboxylic acids is 1. The lowest BCUT2D eigenvalue weighted by Crippen LogP contribution is -2.30. The molecule has 0 spiro atoms. The zero-order chi connectivity index (χ0) is 12.3. The Labute approximate surface area is 107 Å². The lowest BCUT2D eigenvalue weighted by atomic mass is 9.83. The van der Waals surface area contributed by atoms with Crippen LogP contribution in [0.2, 0.25) is 0 Å². The minimum atomic E-state index is 0.143. The van der Waals surface area contributed by atoms with Crippen molar-refractivity contribution in [2.75, 3.05) is 5.75 Å². The number of nitrogens with one attached hydrogen (secondary N) is 1. The first-order valence-corrected chi connectivity index (χ1v) is 7.54. The molecule has 0 aromatic carbocycles. The number of carbonyl (C=O) groups is 1. The van der Waals surface area contributed by atoms with Gasteiger partial charge in [-0.1, -0.05) is 6.92 Å². The molecular weight excluding hydrogens is 232 g/mol. The summed E-state index contributed by atoms with van der Waals surface area (Å²) < 4.78 is 0. The lowest BCUT2D eigenvalue weighted by molar-refractivity contribution is -0.118. The van der Waals surface area contributed by atoms with Crippen molar-refractivity contribution in [1.82, 2.24) is 5.32 Å². The fourth-order valence-electron chi connectivity index (χ4n) is 2.34. The molecule has 3 unspecified atom stereocenters. The maximum Gasteiger partial charge on any atom is 0.230 e. The molecule has 0 saturated heterocycles. The Bertz CT molecular complexity index is 322. The van der Waals surface area contributed by atoms with E-state index < -0.39 is 0 Å². The third kappa shape index (κ3) is 3.92. The number of hydrogen-bond acceptors (Lipinski definition) is 3. The normalized spacial score (nSPS) is 32.8. The van der Waals surface area contributed by atoms with Gasteiger partial charge in [0.15, 0.2) is 0 Å². The minimum Gasteiger partial charge on any atom is -0.353 e. The summed E-state index contributed by atoms with van der Waals surface area (Å²) in [6.45, 7) is 2.24. The number of nitriles is 1. The fraction of sp³-hybridized carbons (Fsp3) is 0.846. The van der Waals surface area contributed by atoms with Gasteiger partial charge in [0, 0.05) is 11.3 Å². The molecule has 2 aliphatic carbocycles. The van der Waals surface area contributed by atoms with Crippen LogP contribution in [0.25, 0.3) is 0 Å². The predicted octanol–water partition coefficient (Wildman–Crippen LogP) is 2.33. The molecule has 2 aliphatic rings. The summed E-state index contributed by atoms with van der Waals surface area (Å²) in [4.78, 5) is 11.6. The molecule has 0 radical (unpaired) electrons. The SMILES string of the molecule is CC1CCC(C#N)C(SCC(=O)NC2CC2)C1. The smallest absolute Gasteiger partial charge is 0.230 e. The van der Waals surface area contributed by atoms with Gasteiger partial charge in [-0.15, -0.1) is 11.8 Å². The zero-order valence-corrected chi connectivity index (χ0v) is 11.1. The number of amides is 1. The Morgan fingerprint density at radius 1 is 1.41 bits per heavy atom. The highest BCUT2D eigenvalue weighted by atomic mass is 32.2. The van der Waals surface area contributed by atoms with Crippen LogP contribution in [0.15, 0.2) is 0 Å². The second-order valence-electron chi connectivity index (χ2n) is 5.35. The molecule has 0 heterocycles. The van der Waals surface area contributed by atoms with Crippen LogP contribution >= 0.6 is 11.8 Å². The van der Waals surface area contributed by atoms with E-state index in [1.165, 1.54) is 0 Å². The predicted molar refractivity (Wildman–Crippen MR) is 69.5 cm³/mol. The lowest BCUT2D eigenvalue weighted by Gasteiger charge is -2.30. The van der Waals surface area contributed by atoms with Gasteiger partial charge in [0.1, 0.15) is 0 Å². The molecule has 3 atom stereocenters. The maximum atomic E-state index is 11.6. The average Bonchev–Trinajstić information content (AvgIpc) is 3.10. The highest BCUT2D eigenvalue weighted by Gasteiger charge is 2.30. The van der Waals surface area contributed by atoms with E-state index in [2.05, 4.69) is 18.3 Å². The summed E-state index contributed by atoms with van der Waals surface area (Å²) in [7, 11) is 0. The molecule has 17 heavy (non-hydrogen) atoms. The number of thioether (sulfide) groups is 1. The maximum absolute atomic E-state index is 11.6. The molecule has 0 bridgehead atoms. The van der Waals surface area contributed by atoms with E-state index in [1.807, 2.05) is 0 Å². The largest absolute Gasteiger partial charge is 0.353 e. The zero-order valence-electron chi connectivity index (χ0n) is 10.3. The Hall–Kier alpha value is -0.690. The van der Waals surface area contributed by atoms with E-state index in [0.29, 0.717) is 23.0 Å². The van der Waals surface area contributed by atoms with Gasteiger partial charge in [-0.25, -0.2) is 0 Å². The van der Waals surface area contributed by atoms with Crippen molar-refractivity contribution < 1.29 is 4.79 Å². The van der Waals surface area contributed by atoms with E-state index in [-0.39, 0.29) is 11.8 Å². The van der Waals surface area contributed by atoms with Crippen LogP contribution in [0, 0.1) is 23.2 Å². The summed E-state index contributed by atoms with van der Waals surface area (Å²) in [5, 5.41) is 12.5. The van der Waals surface area contributed by atoms with Crippen LogP contribution in [0.3, 0.4) is 0 Å². The number of nitrogens with zero attached hydrogens (tertiary/aromatic N) is 1. The van der Waals surface area contributed by atoms with Crippen molar-refractivity contribution in [1.29, 1.82) is 5.26 Å². The van der Waals surface area contributed by atoms with Crippen molar-refractivity contribution in [3.05, 3.63) is 0 Å². The van der Waals surface area contributed by atoms with Crippen molar-refractivity contribution in [2.45, 2.75) is 50.3 Å². The van der Waals surface area contributed by atoms with Gasteiger partial charge in [0.2, 0.25) is 5.91 Å². The molecule has 1 amide bonds. The van der Waals surface area contributed by atoms with Crippen molar-refractivity contribution >= 4 is 17.7 Å². The summed E-state index contributed by atoms with van der Waals surface area (Å²) >= 11 is 1.68. The highest BCUT2D eigenvalue weighted by molar-refractivity contribution is 8.00. The molecule has 2 fully saturated rings. The van der Waals surface area contributed by atoms with Crippen LogP contribution in [-0.2, 0) is 4.79 Å². The third-order valence-corrected chi connectivity index (χ3v) is 4.97. The molecule has 0 aromatic heterocycles. The molecule has 4 heteroatoms. The van der Waals surface area contributed by atoms with Gasteiger partial charge in [-0.05, 0) is 38.0 Å². The van der Waals surface area contributed by atoms with Crippen LogP contribution in [0.1, 0.15) is 39.0 Å². The van der Waals surface area contributed by atoms with E-state index in [9.17, 15) is 4.79 Å². The Morgan fingerprint density at radius 2 is 2.18 bits per heavy atom. The van der Waals surface area contributed by atoms with E-state index in [0.717, 1.165) is 32.1 Å². The van der Waals surface area contributed by atoms with Gasteiger partial charge >= 0.3 is 0 Å². The van der Waals surface area contributed by atoms with Crippen LogP contribution in [-0.4, -0.2) is 23.0 Å².